The molecular weight excluding hydrogens is 347 g/mol. The van der Waals surface area contributed by atoms with Gasteiger partial charge in [0, 0.05) is 19.2 Å². The van der Waals surface area contributed by atoms with Crippen LogP contribution in [0.1, 0.15) is 36.9 Å². The molecule has 3 aromatic rings. The van der Waals surface area contributed by atoms with Gasteiger partial charge in [0.25, 0.3) is 11.3 Å². The predicted molar refractivity (Wildman–Crippen MR) is 101 cm³/mol. The van der Waals surface area contributed by atoms with Crippen LogP contribution in [0.15, 0.2) is 35.1 Å². The Morgan fingerprint density at radius 2 is 1.81 bits per heavy atom. The second kappa shape index (κ2) is 7.87. The molecule has 0 radical (unpaired) electrons. The van der Waals surface area contributed by atoms with Crippen molar-refractivity contribution in [3.63, 3.8) is 0 Å². The van der Waals surface area contributed by atoms with Crippen LogP contribution in [-0.2, 0) is 13.1 Å². The highest BCUT2D eigenvalue weighted by Gasteiger charge is 2.13. The van der Waals surface area contributed by atoms with Crippen molar-refractivity contribution in [2.24, 2.45) is 0 Å². The summed E-state index contributed by atoms with van der Waals surface area (Å²) >= 11 is 0. The Bertz CT molecular complexity index is 956. The molecule has 1 fully saturated rings. The van der Waals surface area contributed by atoms with Crippen molar-refractivity contribution in [3.05, 3.63) is 57.8 Å². The first-order chi connectivity index (χ1) is 13.2. The first kappa shape index (κ1) is 17.7. The predicted octanol–water partition coefficient (Wildman–Crippen LogP) is 2.54. The number of aromatic amines is 1. The van der Waals surface area contributed by atoms with Gasteiger partial charge in [0.2, 0.25) is 5.95 Å². The molecule has 3 heterocycles. The number of halogens is 1. The molecular formula is C19H23FN6O. The van der Waals surface area contributed by atoms with E-state index in [4.69, 9.17) is 0 Å². The fourth-order valence-electron chi connectivity index (χ4n) is 3.40. The fourth-order valence-corrected chi connectivity index (χ4v) is 3.40. The van der Waals surface area contributed by atoms with Crippen LogP contribution in [0.5, 0.6) is 0 Å². The molecule has 0 bridgehead atoms. The Kier molecular flexibility index (Phi) is 5.15. The summed E-state index contributed by atoms with van der Waals surface area (Å²) in [5, 5.41) is 6.03. The number of H-pyrrole nitrogens is 1. The van der Waals surface area contributed by atoms with E-state index < -0.39 is 0 Å². The lowest BCUT2D eigenvalue weighted by Gasteiger charge is -2.18. The third kappa shape index (κ3) is 4.33. The molecule has 0 spiro atoms. The molecule has 2 N–H and O–H groups in total. The number of nitrogens with zero attached hydrogens (tertiary/aromatic N) is 4. The fraction of sp³-hybridized carbons (Fsp3) is 0.421. The molecule has 142 valence electrons. The van der Waals surface area contributed by atoms with Gasteiger partial charge in [-0.25, -0.2) is 9.37 Å². The van der Waals surface area contributed by atoms with Crippen molar-refractivity contribution < 1.29 is 4.39 Å². The Hall–Kier alpha value is -2.74. The van der Waals surface area contributed by atoms with Crippen LogP contribution in [0.4, 0.5) is 10.3 Å². The maximum absolute atomic E-state index is 13.0. The zero-order valence-electron chi connectivity index (χ0n) is 15.1. The number of nitrogens with one attached hydrogen (secondary N) is 2. The largest absolute Gasteiger partial charge is 0.351 e. The van der Waals surface area contributed by atoms with Gasteiger partial charge >= 0.3 is 0 Å². The molecule has 4 rings (SSSR count). The van der Waals surface area contributed by atoms with Gasteiger partial charge in [-0.3, -0.25) is 14.8 Å². The Morgan fingerprint density at radius 1 is 1.07 bits per heavy atom. The van der Waals surface area contributed by atoms with Gasteiger partial charge in [-0.05, 0) is 43.6 Å². The van der Waals surface area contributed by atoms with Gasteiger partial charge in [0.1, 0.15) is 5.82 Å². The molecule has 1 aliphatic heterocycles. The Morgan fingerprint density at radius 3 is 2.56 bits per heavy atom. The average molecular weight is 370 g/mol. The van der Waals surface area contributed by atoms with Crippen LogP contribution < -0.4 is 10.9 Å². The number of rotatable bonds is 5. The summed E-state index contributed by atoms with van der Waals surface area (Å²) in [5.74, 6) is 0.542. The van der Waals surface area contributed by atoms with Gasteiger partial charge in [-0.15, -0.1) is 0 Å². The summed E-state index contributed by atoms with van der Waals surface area (Å²) in [6, 6.07) is 7.80. The number of fused-ring (bicyclic) bond motifs is 1. The van der Waals surface area contributed by atoms with Gasteiger partial charge in [-0.1, -0.05) is 25.0 Å². The molecule has 2 aromatic heterocycles. The highest BCUT2D eigenvalue weighted by Crippen LogP contribution is 2.12. The van der Waals surface area contributed by atoms with Crippen molar-refractivity contribution in [3.8, 4) is 0 Å². The van der Waals surface area contributed by atoms with E-state index in [0.717, 1.165) is 24.3 Å². The van der Waals surface area contributed by atoms with E-state index in [1.165, 1.54) is 42.3 Å². The molecule has 0 saturated carbocycles. The number of hydrogen-bond acceptors (Lipinski definition) is 5. The number of benzene rings is 1. The Balaban J connectivity index is 1.48. The minimum Gasteiger partial charge on any atom is -0.351 e. The summed E-state index contributed by atoms with van der Waals surface area (Å²) in [5.41, 5.74) is 1.49. The van der Waals surface area contributed by atoms with Crippen LogP contribution >= 0.6 is 0 Å². The SMILES string of the molecule is O=c1cc(CN2CCCCCC2)nc2nc(NCc3ccc(F)cc3)[nH]n12. The van der Waals surface area contributed by atoms with Crippen LogP contribution in [0, 0.1) is 5.82 Å². The number of likely N-dealkylation sites (tertiary alicyclic amines) is 1. The number of anilines is 1. The molecule has 27 heavy (non-hydrogen) atoms. The smallest absolute Gasteiger partial charge is 0.274 e. The van der Waals surface area contributed by atoms with Gasteiger partial charge < -0.3 is 5.32 Å². The molecule has 1 saturated heterocycles. The van der Waals surface area contributed by atoms with Gasteiger partial charge in [0.05, 0.1) is 5.69 Å². The molecule has 8 heteroatoms. The van der Waals surface area contributed by atoms with E-state index in [1.54, 1.807) is 18.2 Å². The summed E-state index contributed by atoms with van der Waals surface area (Å²) in [6.07, 6.45) is 4.93. The van der Waals surface area contributed by atoms with Crippen LogP contribution in [0.3, 0.4) is 0 Å². The summed E-state index contributed by atoms with van der Waals surface area (Å²) in [4.78, 5) is 23.7. The second-order valence-corrected chi connectivity index (χ2v) is 6.96. The minimum atomic E-state index is -0.268. The van der Waals surface area contributed by atoms with Crippen molar-refractivity contribution in [2.45, 2.75) is 38.8 Å². The van der Waals surface area contributed by atoms with E-state index in [9.17, 15) is 9.18 Å². The Labute approximate surface area is 156 Å². The summed E-state index contributed by atoms with van der Waals surface area (Å²) in [6.45, 7) is 3.24. The van der Waals surface area contributed by atoms with E-state index >= 15 is 0 Å². The molecule has 1 aromatic carbocycles. The monoisotopic (exact) mass is 370 g/mol. The first-order valence-corrected chi connectivity index (χ1v) is 9.37. The van der Waals surface area contributed by atoms with E-state index in [1.807, 2.05) is 0 Å². The molecule has 1 aliphatic rings. The maximum Gasteiger partial charge on any atom is 0.274 e. The van der Waals surface area contributed by atoms with E-state index in [0.29, 0.717) is 24.8 Å². The van der Waals surface area contributed by atoms with Gasteiger partial charge in [-0.2, -0.15) is 9.50 Å². The lowest BCUT2D eigenvalue weighted by Crippen LogP contribution is -2.26. The third-order valence-corrected chi connectivity index (χ3v) is 4.84. The lowest BCUT2D eigenvalue weighted by atomic mass is 10.2. The normalized spacial score (nSPS) is 15.7. The lowest BCUT2D eigenvalue weighted by molar-refractivity contribution is 0.273. The molecule has 0 aliphatic carbocycles. The molecule has 0 unspecified atom stereocenters. The minimum absolute atomic E-state index is 0.174. The van der Waals surface area contributed by atoms with Crippen molar-refractivity contribution in [1.82, 2.24) is 24.5 Å². The zero-order chi connectivity index (χ0) is 18.6. The second-order valence-electron chi connectivity index (χ2n) is 6.96. The van der Waals surface area contributed by atoms with Crippen LogP contribution in [0.25, 0.3) is 5.78 Å². The zero-order valence-corrected chi connectivity index (χ0v) is 15.1. The van der Waals surface area contributed by atoms with E-state index in [2.05, 4.69) is 25.3 Å². The van der Waals surface area contributed by atoms with Crippen molar-refractivity contribution in [2.75, 3.05) is 18.4 Å². The maximum atomic E-state index is 13.0. The topological polar surface area (TPSA) is 78.3 Å². The standard InChI is InChI=1S/C19H23FN6O/c20-15-7-5-14(6-8-15)12-21-18-23-19-22-16(11-17(27)26(19)24-18)13-25-9-3-1-2-4-10-25/h5-8,11H,1-4,9-10,12-13H2,(H2,21,22,23,24). The molecule has 7 nitrogen and oxygen atoms in total. The highest BCUT2D eigenvalue weighted by atomic mass is 19.1. The summed E-state index contributed by atoms with van der Waals surface area (Å²) in [7, 11) is 0. The summed E-state index contributed by atoms with van der Waals surface area (Å²) < 4.78 is 14.3. The van der Waals surface area contributed by atoms with Crippen molar-refractivity contribution in [1.29, 1.82) is 0 Å². The molecule has 0 amide bonds. The number of aromatic nitrogens is 4. The van der Waals surface area contributed by atoms with Crippen LogP contribution in [-0.4, -0.2) is 37.6 Å². The average Bonchev–Trinajstić information content (AvgIpc) is 2.90. The third-order valence-electron chi connectivity index (χ3n) is 4.84. The quantitative estimate of drug-likeness (QED) is 0.722. The van der Waals surface area contributed by atoms with Crippen LogP contribution in [0.2, 0.25) is 0 Å². The highest BCUT2D eigenvalue weighted by molar-refractivity contribution is 5.38. The molecule has 0 atom stereocenters. The van der Waals surface area contributed by atoms with E-state index in [-0.39, 0.29) is 11.4 Å². The number of hydrogen-bond donors (Lipinski definition) is 2. The first-order valence-electron chi connectivity index (χ1n) is 9.37. The van der Waals surface area contributed by atoms with Gasteiger partial charge in [0.15, 0.2) is 0 Å². The van der Waals surface area contributed by atoms with Crippen molar-refractivity contribution >= 4 is 11.7 Å².